The lowest BCUT2D eigenvalue weighted by Crippen LogP contribution is -2.08. The SMILES string of the molecule is Fc1c2c(c(F)c3[nH]c([C@H]4CCNC4)nc13)CCC2. The van der Waals surface area contributed by atoms with Crippen LogP contribution in [0.5, 0.6) is 0 Å². The van der Waals surface area contributed by atoms with E-state index in [-0.39, 0.29) is 28.6 Å². The summed E-state index contributed by atoms with van der Waals surface area (Å²) in [5.41, 5.74) is 1.51. The van der Waals surface area contributed by atoms with E-state index >= 15 is 0 Å². The van der Waals surface area contributed by atoms with E-state index in [2.05, 4.69) is 15.3 Å². The van der Waals surface area contributed by atoms with Crippen LogP contribution in [-0.2, 0) is 12.8 Å². The number of H-pyrrole nitrogens is 1. The number of hydrogen-bond donors (Lipinski definition) is 2. The van der Waals surface area contributed by atoms with E-state index in [1.54, 1.807) is 0 Å². The molecule has 2 aliphatic rings. The third kappa shape index (κ3) is 1.54. The van der Waals surface area contributed by atoms with Gasteiger partial charge in [-0.25, -0.2) is 13.8 Å². The van der Waals surface area contributed by atoms with Crippen LogP contribution < -0.4 is 5.32 Å². The fraction of sp³-hybridized carbons (Fsp3) is 0.500. The summed E-state index contributed by atoms with van der Waals surface area (Å²) in [4.78, 5) is 7.33. The quantitative estimate of drug-likeness (QED) is 0.829. The molecule has 2 heterocycles. The van der Waals surface area contributed by atoms with Crippen molar-refractivity contribution in [3.8, 4) is 0 Å². The Kier molecular flexibility index (Phi) is 2.39. The summed E-state index contributed by atoms with van der Waals surface area (Å²) in [6.07, 6.45) is 3.05. The van der Waals surface area contributed by atoms with E-state index in [0.717, 1.165) is 25.9 Å². The van der Waals surface area contributed by atoms with Crippen molar-refractivity contribution in [2.45, 2.75) is 31.6 Å². The zero-order valence-electron chi connectivity index (χ0n) is 10.5. The summed E-state index contributed by atoms with van der Waals surface area (Å²) in [6.45, 7) is 1.76. The molecular formula is C14H15F2N3. The van der Waals surface area contributed by atoms with Crippen molar-refractivity contribution >= 4 is 11.0 Å². The van der Waals surface area contributed by atoms with Crippen LogP contribution in [0.4, 0.5) is 8.78 Å². The van der Waals surface area contributed by atoms with Gasteiger partial charge >= 0.3 is 0 Å². The molecule has 1 aromatic heterocycles. The Morgan fingerprint density at radius 1 is 1.11 bits per heavy atom. The summed E-state index contributed by atoms with van der Waals surface area (Å²) >= 11 is 0. The van der Waals surface area contributed by atoms with Gasteiger partial charge in [-0.05, 0) is 43.4 Å². The largest absolute Gasteiger partial charge is 0.339 e. The first-order chi connectivity index (χ1) is 9.25. The monoisotopic (exact) mass is 263 g/mol. The highest BCUT2D eigenvalue weighted by molar-refractivity contribution is 5.79. The van der Waals surface area contributed by atoms with E-state index in [0.29, 0.717) is 29.8 Å². The lowest BCUT2D eigenvalue weighted by Gasteiger charge is -2.03. The smallest absolute Gasteiger partial charge is 0.154 e. The van der Waals surface area contributed by atoms with Crippen LogP contribution in [0.25, 0.3) is 11.0 Å². The first-order valence-corrected chi connectivity index (χ1v) is 6.84. The van der Waals surface area contributed by atoms with Gasteiger partial charge in [-0.2, -0.15) is 0 Å². The molecule has 1 fully saturated rings. The molecule has 5 heteroatoms. The summed E-state index contributed by atoms with van der Waals surface area (Å²) < 4.78 is 28.8. The zero-order valence-corrected chi connectivity index (χ0v) is 10.5. The van der Waals surface area contributed by atoms with Crippen LogP contribution in [0.2, 0.25) is 0 Å². The molecule has 100 valence electrons. The third-order valence-electron chi connectivity index (χ3n) is 4.34. The minimum absolute atomic E-state index is 0.181. The van der Waals surface area contributed by atoms with Crippen molar-refractivity contribution in [2.75, 3.05) is 13.1 Å². The zero-order chi connectivity index (χ0) is 13.0. The highest BCUT2D eigenvalue weighted by Crippen LogP contribution is 2.34. The Labute approximate surface area is 109 Å². The average Bonchev–Trinajstić information content (AvgIpc) is 3.12. The summed E-state index contributed by atoms with van der Waals surface area (Å²) in [7, 11) is 0. The van der Waals surface area contributed by atoms with E-state index in [4.69, 9.17) is 0 Å². The van der Waals surface area contributed by atoms with E-state index < -0.39 is 0 Å². The Balaban J connectivity index is 1.93. The predicted molar refractivity (Wildman–Crippen MR) is 68.3 cm³/mol. The fourth-order valence-electron chi connectivity index (χ4n) is 3.31. The number of aromatic amines is 1. The second-order valence-electron chi connectivity index (χ2n) is 5.47. The maximum absolute atomic E-state index is 14.4. The Hall–Kier alpha value is -1.49. The molecule has 1 aliphatic carbocycles. The molecule has 4 rings (SSSR count). The van der Waals surface area contributed by atoms with Gasteiger partial charge in [-0.1, -0.05) is 0 Å². The third-order valence-corrected chi connectivity index (χ3v) is 4.34. The van der Waals surface area contributed by atoms with Gasteiger partial charge in [-0.15, -0.1) is 0 Å². The number of aromatic nitrogens is 2. The molecule has 1 atom stereocenters. The standard InChI is InChI=1S/C14H15F2N3/c15-10-8-2-1-3-9(8)11(16)13-12(10)18-14(19-13)7-4-5-17-6-7/h7,17H,1-6H2,(H,18,19)/t7-/m0/s1. The molecule has 1 aromatic carbocycles. The maximum atomic E-state index is 14.4. The van der Waals surface area contributed by atoms with Crippen LogP contribution in [0, 0.1) is 11.6 Å². The van der Waals surface area contributed by atoms with Gasteiger partial charge in [0, 0.05) is 12.5 Å². The molecule has 2 N–H and O–H groups in total. The highest BCUT2D eigenvalue weighted by Gasteiger charge is 2.27. The molecule has 0 saturated carbocycles. The number of imidazole rings is 1. The number of fused-ring (bicyclic) bond motifs is 2. The van der Waals surface area contributed by atoms with Crippen molar-refractivity contribution in [1.82, 2.24) is 15.3 Å². The number of rotatable bonds is 1. The lowest BCUT2D eigenvalue weighted by molar-refractivity contribution is 0.600. The Morgan fingerprint density at radius 2 is 1.89 bits per heavy atom. The van der Waals surface area contributed by atoms with Crippen molar-refractivity contribution in [2.24, 2.45) is 0 Å². The van der Waals surface area contributed by atoms with Crippen molar-refractivity contribution < 1.29 is 8.78 Å². The van der Waals surface area contributed by atoms with Gasteiger partial charge in [0.1, 0.15) is 16.9 Å². The average molecular weight is 263 g/mol. The number of halogens is 2. The van der Waals surface area contributed by atoms with E-state index in [1.807, 2.05) is 0 Å². The summed E-state index contributed by atoms with van der Waals surface area (Å²) in [5.74, 6) is 0.327. The fourth-order valence-corrected chi connectivity index (χ4v) is 3.31. The molecule has 3 nitrogen and oxygen atoms in total. The van der Waals surface area contributed by atoms with Crippen LogP contribution in [0.15, 0.2) is 0 Å². The van der Waals surface area contributed by atoms with E-state index in [1.165, 1.54) is 0 Å². The molecule has 1 aliphatic heterocycles. The first-order valence-electron chi connectivity index (χ1n) is 6.84. The first kappa shape index (κ1) is 11.3. The molecule has 0 amide bonds. The van der Waals surface area contributed by atoms with Gasteiger partial charge in [0.05, 0.1) is 0 Å². The van der Waals surface area contributed by atoms with Crippen LogP contribution in [0.3, 0.4) is 0 Å². The van der Waals surface area contributed by atoms with Gasteiger partial charge in [-0.3, -0.25) is 0 Å². The minimum Gasteiger partial charge on any atom is -0.339 e. The number of nitrogens with zero attached hydrogens (tertiary/aromatic N) is 1. The normalized spacial score (nSPS) is 22.3. The summed E-state index contributed by atoms with van der Waals surface area (Å²) in [6, 6.07) is 0. The van der Waals surface area contributed by atoms with Crippen LogP contribution in [0.1, 0.15) is 35.7 Å². The van der Waals surface area contributed by atoms with Gasteiger partial charge in [0.2, 0.25) is 0 Å². The number of nitrogens with one attached hydrogen (secondary N) is 2. The molecule has 0 bridgehead atoms. The number of hydrogen-bond acceptors (Lipinski definition) is 2. The highest BCUT2D eigenvalue weighted by atomic mass is 19.1. The Morgan fingerprint density at radius 3 is 2.63 bits per heavy atom. The van der Waals surface area contributed by atoms with E-state index in [9.17, 15) is 8.78 Å². The molecule has 19 heavy (non-hydrogen) atoms. The van der Waals surface area contributed by atoms with Gasteiger partial charge in [0.25, 0.3) is 0 Å². The second kappa shape index (κ2) is 4.00. The second-order valence-corrected chi connectivity index (χ2v) is 5.47. The summed E-state index contributed by atoms with van der Waals surface area (Å²) in [5, 5.41) is 3.24. The van der Waals surface area contributed by atoms with Crippen LogP contribution in [-0.4, -0.2) is 23.1 Å². The topological polar surface area (TPSA) is 40.7 Å². The van der Waals surface area contributed by atoms with Gasteiger partial charge < -0.3 is 10.3 Å². The Bertz CT molecular complexity index is 609. The number of benzene rings is 1. The molecular weight excluding hydrogens is 248 g/mol. The lowest BCUT2D eigenvalue weighted by atomic mass is 10.1. The maximum Gasteiger partial charge on any atom is 0.154 e. The van der Waals surface area contributed by atoms with Crippen molar-refractivity contribution in [1.29, 1.82) is 0 Å². The minimum atomic E-state index is -0.322. The van der Waals surface area contributed by atoms with Crippen LogP contribution >= 0.6 is 0 Å². The molecule has 0 spiro atoms. The molecule has 0 unspecified atom stereocenters. The van der Waals surface area contributed by atoms with Gasteiger partial charge in [0.15, 0.2) is 11.6 Å². The molecule has 2 aromatic rings. The molecule has 0 radical (unpaired) electrons. The predicted octanol–water partition coefficient (Wildman–Crippen LogP) is 2.41. The van der Waals surface area contributed by atoms with Crippen molar-refractivity contribution in [3.05, 3.63) is 28.6 Å². The molecule has 1 saturated heterocycles. The van der Waals surface area contributed by atoms with Crippen molar-refractivity contribution in [3.63, 3.8) is 0 Å².